The van der Waals surface area contributed by atoms with Gasteiger partial charge in [0.15, 0.2) is 0 Å². The van der Waals surface area contributed by atoms with Gasteiger partial charge in [-0.1, -0.05) is 98.8 Å². The number of aromatic amines is 1. The summed E-state index contributed by atoms with van der Waals surface area (Å²) in [5, 5.41) is 2.61. The number of fused-ring (bicyclic) bond motifs is 3. The standard InChI is InChI=1S/C14H16.C12H9N/c1-14(2)11-7-6-10-13(14)12-8-4-3-5-9-12;1-3-7-11-9(5-1)10-6-2-4-8-12(10)13-11/h3-10H,11H2,1-2H3;1-8,13H. The summed E-state index contributed by atoms with van der Waals surface area (Å²) in [6.45, 7) is 4.60. The van der Waals surface area contributed by atoms with E-state index in [1.54, 1.807) is 0 Å². The van der Waals surface area contributed by atoms with Crippen molar-refractivity contribution in [2.45, 2.75) is 20.3 Å². The molecule has 0 unspecified atom stereocenters. The molecule has 1 aromatic heterocycles. The fraction of sp³-hybridized carbons (Fsp3) is 0.154. The molecule has 3 aromatic carbocycles. The molecule has 0 aliphatic heterocycles. The molecule has 0 atom stereocenters. The minimum atomic E-state index is 0.274. The highest BCUT2D eigenvalue weighted by atomic mass is 14.7. The minimum Gasteiger partial charge on any atom is -0.355 e. The van der Waals surface area contributed by atoms with Crippen molar-refractivity contribution >= 4 is 27.4 Å². The number of allylic oxidation sites excluding steroid dienone is 4. The maximum Gasteiger partial charge on any atom is 0.0464 e. The van der Waals surface area contributed by atoms with Crippen LogP contribution >= 0.6 is 0 Å². The Labute approximate surface area is 161 Å². The molecule has 5 rings (SSSR count). The van der Waals surface area contributed by atoms with Crippen LogP contribution in [-0.2, 0) is 0 Å². The van der Waals surface area contributed by atoms with Gasteiger partial charge in [0.1, 0.15) is 0 Å². The molecule has 1 heteroatoms. The molecule has 1 aliphatic carbocycles. The van der Waals surface area contributed by atoms with Crippen LogP contribution in [0, 0.1) is 5.41 Å². The number of rotatable bonds is 1. The van der Waals surface area contributed by atoms with Gasteiger partial charge in [-0.2, -0.15) is 0 Å². The summed E-state index contributed by atoms with van der Waals surface area (Å²) in [6.07, 6.45) is 7.77. The maximum absolute atomic E-state index is 3.38. The monoisotopic (exact) mass is 351 g/mol. The van der Waals surface area contributed by atoms with Crippen LogP contribution < -0.4 is 0 Å². The average Bonchev–Trinajstić information content (AvgIpc) is 3.08. The number of hydrogen-bond acceptors (Lipinski definition) is 0. The Morgan fingerprint density at radius 3 is 1.85 bits per heavy atom. The molecule has 1 N–H and O–H groups in total. The number of nitrogens with one attached hydrogen (secondary N) is 1. The Hall–Kier alpha value is -3.06. The number of para-hydroxylation sites is 2. The fourth-order valence-electron chi connectivity index (χ4n) is 3.77. The van der Waals surface area contributed by atoms with Gasteiger partial charge in [0, 0.05) is 21.8 Å². The second-order valence-corrected chi connectivity index (χ2v) is 7.68. The van der Waals surface area contributed by atoms with Gasteiger partial charge in [-0.05, 0) is 35.1 Å². The molecular formula is C26H25N. The van der Waals surface area contributed by atoms with E-state index < -0.39 is 0 Å². The Kier molecular flexibility index (Phi) is 4.68. The van der Waals surface area contributed by atoms with Crippen molar-refractivity contribution in [1.29, 1.82) is 0 Å². The first-order chi connectivity index (χ1) is 13.1. The van der Waals surface area contributed by atoms with Gasteiger partial charge in [0.25, 0.3) is 0 Å². The third-order valence-corrected chi connectivity index (χ3v) is 5.25. The third kappa shape index (κ3) is 3.59. The zero-order valence-corrected chi connectivity index (χ0v) is 15.9. The lowest BCUT2D eigenvalue weighted by Crippen LogP contribution is -2.14. The van der Waals surface area contributed by atoms with E-state index in [2.05, 4.69) is 116 Å². The molecule has 0 saturated carbocycles. The highest BCUT2D eigenvalue weighted by Gasteiger charge is 2.24. The van der Waals surface area contributed by atoms with Crippen LogP contribution in [0.5, 0.6) is 0 Å². The van der Waals surface area contributed by atoms with Gasteiger partial charge >= 0.3 is 0 Å². The summed E-state index contributed by atoms with van der Waals surface area (Å²) in [4.78, 5) is 3.38. The van der Waals surface area contributed by atoms with Crippen molar-refractivity contribution in [3.05, 3.63) is 103 Å². The van der Waals surface area contributed by atoms with Gasteiger partial charge in [0.05, 0.1) is 0 Å². The topological polar surface area (TPSA) is 15.8 Å². The van der Waals surface area contributed by atoms with Crippen molar-refractivity contribution in [2.75, 3.05) is 0 Å². The molecule has 4 aromatic rings. The van der Waals surface area contributed by atoms with Gasteiger partial charge in [-0.15, -0.1) is 0 Å². The van der Waals surface area contributed by atoms with Crippen LogP contribution in [0.2, 0.25) is 0 Å². The van der Waals surface area contributed by atoms with Gasteiger partial charge in [-0.25, -0.2) is 0 Å². The second-order valence-electron chi connectivity index (χ2n) is 7.68. The summed E-state index contributed by atoms with van der Waals surface area (Å²) in [6, 6.07) is 27.4. The van der Waals surface area contributed by atoms with Crippen LogP contribution in [0.25, 0.3) is 27.4 Å². The number of hydrogen-bond donors (Lipinski definition) is 1. The average molecular weight is 351 g/mol. The first-order valence-corrected chi connectivity index (χ1v) is 9.53. The SMILES string of the molecule is CC1(C)CC=CC=C1c1ccccc1.c1ccc2c(c1)[nH]c1ccccc12. The van der Waals surface area contributed by atoms with Crippen molar-refractivity contribution in [1.82, 2.24) is 4.98 Å². The molecule has 27 heavy (non-hydrogen) atoms. The molecule has 1 aliphatic rings. The van der Waals surface area contributed by atoms with E-state index in [0.29, 0.717) is 0 Å². The lowest BCUT2D eigenvalue weighted by atomic mass is 9.75. The van der Waals surface area contributed by atoms with E-state index >= 15 is 0 Å². The molecule has 0 radical (unpaired) electrons. The summed E-state index contributed by atoms with van der Waals surface area (Å²) in [7, 11) is 0. The van der Waals surface area contributed by atoms with Gasteiger partial charge in [0.2, 0.25) is 0 Å². The first-order valence-electron chi connectivity index (χ1n) is 9.53. The van der Waals surface area contributed by atoms with E-state index in [0.717, 1.165) is 6.42 Å². The Balaban J connectivity index is 0.000000134. The first kappa shape index (κ1) is 17.4. The minimum absolute atomic E-state index is 0.274. The number of benzene rings is 3. The molecule has 0 saturated heterocycles. The molecule has 1 heterocycles. The van der Waals surface area contributed by atoms with Gasteiger partial charge < -0.3 is 4.98 Å². The fourth-order valence-corrected chi connectivity index (χ4v) is 3.77. The molecule has 0 amide bonds. The maximum atomic E-state index is 3.38. The third-order valence-electron chi connectivity index (χ3n) is 5.25. The summed E-state index contributed by atoms with van der Waals surface area (Å²) >= 11 is 0. The largest absolute Gasteiger partial charge is 0.355 e. The molecule has 134 valence electrons. The number of aromatic nitrogens is 1. The summed E-state index contributed by atoms with van der Waals surface area (Å²) < 4.78 is 0. The predicted octanol–water partition coefficient (Wildman–Crippen LogP) is 7.38. The number of H-pyrrole nitrogens is 1. The lowest BCUT2D eigenvalue weighted by Gasteiger charge is -2.29. The van der Waals surface area contributed by atoms with E-state index in [1.807, 2.05) is 0 Å². The van der Waals surface area contributed by atoms with Crippen LogP contribution in [-0.4, -0.2) is 4.98 Å². The van der Waals surface area contributed by atoms with E-state index in [1.165, 1.54) is 32.9 Å². The summed E-state index contributed by atoms with van der Waals surface area (Å²) in [5.74, 6) is 0. The molecule has 1 nitrogen and oxygen atoms in total. The highest BCUT2D eigenvalue weighted by molar-refractivity contribution is 6.06. The van der Waals surface area contributed by atoms with E-state index in [4.69, 9.17) is 0 Å². The van der Waals surface area contributed by atoms with Crippen LogP contribution in [0.15, 0.2) is 97.1 Å². The second kappa shape index (κ2) is 7.28. The molecular weight excluding hydrogens is 326 g/mol. The van der Waals surface area contributed by atoms with Crippen molar-refractivity contribution in [2.24, 2.45) is 5.41 Å². The molecule has 0 fully saturated rings. The van der Waals surface area contributed by atoms with Crippen LogP contribution in [0.1, 0.15) is 25.8 Å². The van der Waals surface area contributed by atoms with Crippen molar-refractivity contribution in [3.63, 3.8) is 0 Å². The normalized spacial score (nSPS) is 15.3. The van der Waals surface area contributed by atoms with Crippen LogP contribution in [0.3, 0.4) is 0 Å². The molecule has 0 bridgehead atoms. The van der Waals surface area contributed by atoms with Crippen molar-refractivity contribution < 1.29 is 0 Å². The Morgan fingerprint density at radius 2 is 1.26 bits per heavy atom. The van der Waals surface area contributed by atoms with Crippen LogP contribution in [0.4, 0.5) is 0 Å². The molecule has 0 spiro atoms. The smallest absolute Gasteiger partial charge is 0.0464 e. The highest BCUT2D eigenvalue weighted by Crippen LogP contribution is 2.39. The van der Waals surface area contributed by atoms with E-state index in [9.17, 15) is 0 Å². The lowest BCUT2D eigenvalue weighted by molar-refractivity contribution is 0.506. The Morgan fingerprint density at radius 1 is 0.704 bits per heavy atom. The van der Waals surface area contributed by atoms with Gasteiger partial charge in [-0.3, -0.25) is 0 Å². The van der Waals surface area contributed by atoms with E-state index in [-0.39, 0.29) is 5.41 Å². The predicted molar refractivity (Wildman–Crippen MR) is 118 cm³/mol. The Bertz CT molecular complexity index is 1060. The summed E-state index contributed by atoms with van der Waals surface area (Å²) in [5.41, 5.74) is 5.49. The quantitative estimate of drug-likeness (QED) is 0.368. The zero-order valence-electron chi connectivity index (χ0n) is 15.9. The zero-order chi connectivity index (χ0) is 18.7. The van der Waals surface area contributed by atoms with Crippen molar-refractivity contribution in [3.8, 4) is 0 Å².